The third-order valence-corrected chi connectivity index (χ3v) is 4.87. The van der Waals surface area contributed by atoms with E-state index in [-0.39, 0.29) is 11.2 Å². The summed E-state index contributed by atoms with van der Waals surface area (Å²) in [6, 6.07) is 19.0. The Bertz CT molecular complexity index is 884. The molecular formula is C23H24O3. The SMILES string of the molecule is Cc1cc(Oc2ccc(C(C)(C)c3ccc(O)cc3)cc2)cc(C)c1O. The van der Waals surface area contributed by atoms with Crippen LogP contribution >= 0.6 is 0 Å². The Morgan fingerprint density at radius 3 is 1.65 bits per heavy atom. The Hall–Kier alpha value is -2.94. The summed E-state index contributed by atoms with van der Waals surface area (Å²) in [6.45, 7) is 8.03. The average Bonchev–Trinajstić information content (AvgIpc) is 2.60. The van der Waals surface area contributed by atoms with Crippen molar-refractivity contribution in [2.75, 3.05) is 0 Å². The van der Waals surface area contributed by atoms with Gasteiger partial charge in [0.1, 0.15) is 23.0 Å². The van der Waals surface area contributed by atoms with Crippen molar-refractivity contribution < 1.29 is 14.9 Å². The quantitative estimate of drug-likeness (QED) is 0.623. The van der Waals surface area contributed by atoms with Crippen molar-refractivity contribution in [1.29, 1.82) is 0 Å². The Balaban J connectivity index is 1.83. The lowest BCUT2D eigenvalue weighted by molar-refractivity contribution is 0.456. The van der Waals surface area contributed by atoms with Crippen molar-refractivity contribution in [3.63, 3.8) is 0 Å². The van der Waals surface area contributed by atoms with E-state index in [2.05, 4.69) is 26.0 Å². The third kappa shape index (κ3) is 3.52. The maximum absolute atomic E-state index is 9.88. The van der Waals surface area contributed by atoms with Gasteiger partial charge in [-0.2, -0.15) is 0 Å². The molecule has 0 aliphatic rings. The lowest BCUT2D eigenvalue weighted by Gasteiger charge is -2.26. The Morgan fingerprint density at radius 2 is 1.15 bits per heavy atom. The van der Waals surface area contributed by atoms with E-state index in [1.165, 1.54) is 0 Å². The van der Waals surface area contributed by atoms with Gasteiger partial charge < -0.3 is 14.9 Å². The van der Waals surface area contributed by atoms with Gasteiger partial charge in [0, 0.05) is 5.41 Å². The minimum Gasteiger partial charge on any atom is -0.508 e. The van der Waals surface area contributed by atoms with Crippen LogP contribution in [0.2, 0.25) is 0 Å². The minimum absolute atomic E-state index is 0.183. The minimum atomic E-state index is -0.183. The van der Waals surface area contributed by atoms with Gasteiger partial charge in [-0.1, -0.05) is 38.1 Å². The second-order valence-corrected chi connectivity index (χ2v) is 7.20. The van der Waals surface area contributed by atoms with Gasteiger partial charge >= 0.3 is 0 Å². The molecule has 3 aromatic carbocycles. The number of phenols is 2. The molecule has 0 fully saturated rings. The van der Waals surface area contributed by atoms with Crippen LogP contribution in [0.15, 0.2) is 60.7 Å². The molecule has 26 heavy (non-hydrogen) atoms. The zero-order chi connectivity index (χ0) is 18.9. The highest BCUT2D eigenvalue weighted by Crippen LogP contribution is 2.34. The fourth-order valence-corrected chi connectivity index (χ4v) is 3.10. The van der Waals surface area contributed by atoms with Gasteiger partial charge in [-0.05, 0) is 72.5 Å². The van der Waals surface area contributed by atoms with Gasteiger partial charge in [-0.25, -0.2) is 0 Å². The lowest BCUT2D eigenvalue weighted by atomic mass is 9.78. The molecule has 3 rings (SSSR count). The standard InChI is InChI=1S/C23H24O3/c1-15-13-21(14-16(2)22(15)25)26-20-11-7-18(8-12-20)23(3,4)17-5-9-19(24)10-6-17/h5-14,24-25H,1-4H3. The Kier molecular flexibility index (Phi) is 4.64. The fraction of sp³-hybridized carbons (Fsp3) is 0.217. The molecular weight excluding hydrogens is 324 g/mol. The molecule has 0 atom stereocenters. The summed E-state index contributed by atoms with van der Waals surface area (Å²) in [5.41, 5.74) is 3.70. The number of hydrogen-bond donors (Lipinski definition) is 2. The van der Waals surface area contributed by atoms with Crippen LogP contribution in [0.3, 0.4) is 0 Å². The molecule has 3 heteroatoms. The van der Waals surface area contributed by atoms with Gasteiger partial charge in [0.25, 0.3) is 0 Å². The van der Waals surface area contributed by atoms with Crippen LogP contribution in [-0.2, 0) is 5.41 Å². The van der Waals surface area contributed by atoms with Gasteiger partial charge in [0.05, 0.1) is 0 Å². The summed E-state index contributed by atoms with van der Waals surface area (Å²) in [6.07, 6.45) is 0. The van der Waals surface area contributed by atoms with Gasteiger partial charge in [-0.3, -0.25) is 0 Å². The average molecular weight is 348 g/mol. The number of aryl methyl sites for hydroxylation is 2. The predicted octanol–water partition coefficient (Wildman–Crippen LogP) is 5.83. The van der Waals surface area contributed by atoms with Crippen LogP contribution in [0.1, 0.15) is 36.1 Å². The molecule has 0 aliphatic heterocycles. The van der Waals surface area contributed by atoms with E-state index in [1.54, 1.807) is 12.1 Å². The summed E-state index contributed by atoms with van der Waals surface area (Å²) in [5.74, 6) is 2.04. The van der Waals surface area contributed by atoms with Crippen LogP contribution in [0, 0.1) is 13.8 Å². The molecule has 134 valence electrons. The Labute approximate surface area is 154 Å². The number of rotatable bonds is 4. The molecule has 0 unspecified atom stereocenters. The van der Waals surface area contributed by atoms with Crippen molar-refractivity contribution in [3.05, 3.63) is 82.9 Å². The highest BCUT2D eigenvalue weighted by molar-refractivity contribution is 5.47. The number of hydrogen-bond acceptors (Lipinski definition) is 3. The molecule has 0 radical (unpaired) electrons. The van der Waals surface area contributed by atoms with Crippen molar-refractivity contribution in [2.45, 2.75) is 33.1 Å². The molecule has 3 aromatic rings. The normalized spacial score (nSPS) is 11.4. The molecule has 0 bridgehead atoms. The topological polar surface area (TPSA) is 49.7 Å². The first-order valence-electron chi connectivity index (χ1n) is 8.65. The molecule has 0 aromatic heterocycles. The molecule has 0 saturated carbocycles. The van der Waals surface area contributed by atoms with Crippen molar-refractivity contribution in [1.82, 2.24) is 0 Å². The smallest absolute Gasteiger partial charge is 0.128 e. The number of benzene rings is 3. The summed E-state index contributed by atoms with van der Waals surface area (Å²) < 4.78 is 5.94. The van der Waals surface area contributed by atoms with E-state index < -0.39 is 0 Å². The van der Waals surface area contributed by atoms with Crippen molar-refractivity contribution in [3.8, 4) is 23.0 Å². The van der Waals surface area contributed by atoms with Crippen LogP contribution in [0.25, 0.3) is 0 Å². The van der Waals surface area contributed by atoms with Crippen LogP contribution < -0.4 is 4.74 Å². The summed E-state index contributed by atoms with van der Waals surface area (Å²) in [4.78, 5) is 0. The second kappa shape index (κ2) is 6.75. The van der Waals surface area contributed by atoms with E-state index in [1.807, 2.05) is 50.2 Å². The first kappa shape index (κ1) is 17.9. The number of ether oxygens (including phenoxy) is 1. The monoisotopic (exact) mass is 348 g/mol. The van der Waals surface area contributed by atoms with Gasteiger partial charge in [0.2, 0.25) is 0 Å². The van der Waals surface area contributed by atoms with E-state index in [0.717, 1.165) is 28.0 Å². The van der Waals surface area contributed by atoms with E-state index >= 15 is 0 Å². The molecule has 3 nitrogen and oxygen atoms in total. The van der Waals surface area contributed by atoms with Crippen LogP contribution in [0.4, 0.5) is 0 Å². The van der Waals surface area contributed by atoms with Crippen molar-refractivity contribution >= 4 is 0 Å². The molecule has 0 saturated heterocycles. The summed E-state index contributed by atoms with van der Waals surface area (Å²) >= 11 is 0. The molecule has 0 aliphatic carbocycles. The predicted molar refractivity (Wildman–Crippen MR) is 104 cm³/mol. The zero-order valence-corrected chi connectivity index (χ0v) is 15.6. The fourth-order valence-electron chi connectivity index (χ4n) is 3.10. The van der Waals surface area contributed by atoms with Crippen LogP contribution in [-0.4, -0.2) is 10.2 Å². The van der Waals surface area contributed by atoms with Crippen LogP contribution in [0.5, 0.6) is 23.0 Å². The van der Waals surface area contributed by atoms with E-state index in [4.69, 9.17) is 4.74 Å². The largest absolute Gasteiger partial charge is 0.508 e. The second-order valence-electron chi connectivity index (χ2n) is 7.20. The third-order valence-electron chi connectivity index (χ3n) is 4.87. The van der Waals surface area contributed by atoms with E-state index in [9.17, 15) is 10.2 Å². The van der Waals surface area contributed by atoms with Gasteiger partial charge in [0.15, 0.2) is 0 Å². The first-order valence-corrected chi connectivity index (χ1v) is 8.65. The van der Waals surface area contributed by atoms with Gasteiger partial charge in [-0.15, -0.1) is 0 Å². The summed E-state index contributed by atoms with van der Waals surface area (Å²) in [7, 11) is 0. The zero-order valence-electron chi connectivity index (χ0n) is 15.6. The highest BCUT2D eigenvalue weighted by Gasteiger charge is 2.23. The Morgan fingerprint density at radius 1 is 0.692 bits per heavy atom. The highest BCUT2D eigenvalue weighted by atomic mass is 16.5. The molecule has 0 amide bonds. The number of phenolic OH excluding ortho intramolecular Hbond substituents is 2. The number of aromatic hydroxyl groups is 2. The lowest BCUT2D eigenvalue weighted by Crippen LogP contribution is -2.18. The van der Waals surface area contributed by atoms with E-state index in [0.29, 0.717) is 11.5 Å². The molecule has 0 heterocycles. The maximum Gasteiger partial charge on any atom is 0.128 e. The molecule has 2 N–H and O–H groups in total. The molecule has 0 spiro atoms. The maximum atomic E-state index is 9.88. The summed E-state index contributed by atoms with van der Waals surface area (Å²) in [5, 5.41) is 19.4. The first-order chi connectivity index (χ1) is 12.3. The van der Waals surface area contributed by atoms with Crippen molar-refractivity contribution in [2.24, 2.45) is 0 Å².